The van der Waals surface area contributed by atoms with Crippen molar-refractivity contribution >= 4 is 17.1 Å². The van der Waals surface area contributed by atoms with Gasteiger partial charge in [0.2, 0.25) is 0 Å². The largest absolute Gasteiger partial charge is 0.397 e. The zero-order valence-electron chi connectivity index (χ0n) is 10.8. The van der Waals surface area contributed by atoms with Crippen LogP contribution in [0.15, 0.2) is 42.5 Å². The molecule has 2 rings (SSSR count). The highest BCUT2D eigenvalue weighted by Gasteiger charge is 2.03. The number of nitrogen functional groups attached to an aromatic ring is 3. The van der Waals surface area contributed by atoms with Gasteiger partial charge >= 0.3 is 0 Å². The molecule has 0 aromatic heterocycles. The molecular formula is C15H19N3O. The Balaban J connectivity index is 1.83. The summed E-state index contributed by atoms with van der Waals surface area (Å²) >= 11 is 0. The van der Waals surface area contributed by atoms with Gasteiger partial charge in [0.05, 0.1) is 30.3 Å². The summed E-state index contributed by atoms with van der Waals surface area (Å²) in [6.07, 6.45) is 0.890. The van der Waals surface area contributed by atoms with Gasteiger partial charge in [0.25, 0.3) is 0 Å². The average molecular weight is 257 g/mol. The summed E-state index contributed by atoms with van der Waals surface area (Å²) in [5.41, 5.74) is 20.8. The van der Waals surface area contributed by atoms with Crippen molar-refractivity contribution in [3.05, 3.63) is 53.6 Å². The molecule has 0 amide bonds. The summed E-state index contributed by atoms with van der Waals surface area (Å²) in [5.74, 6) is 0. The number of ether oxygens (including phenoxy) is 1. The molecule has 100 valence electrons. The standard InChI is InChI=1S/C15H19N3O/c16-13-8-12(9-14(17)15(13)18)10-19-7-6-11-4-2-1-3-5-11/h1-5,8-9H,6-7,10,16-18H2. The van der Waals surface area contributed by atoms with Gasteiger partial charge in [-0.05, 0) is 29.7 Å². The van der Waals surface area contributed by atoms with E-state index in [0.29, 0.717) is 30.3 Å². The van der Waals surface area contributed by atoms with Crippen LogP contribution in [-0.2, 0) is 17.8 Å². The lowest BCUT2D eigenvalue weighted by atomic mass is 10.1. The summed E-state index contributed by atoms with van der Waals surface area (Å²) < 4.78 is 5.62. The highest BCUT2D eigenvalue weighted by molar-refractivity contribution is 5.77. The molecule has 0 radical (unpaired) electrons. The Hall–Kier alpha value is -2.20. The lowest BCUT2D eigenvalue weighted by Gasteiger charge is -2.09. The van der Waals surface area contributed by atoms with Crippen LogP contribution in [0.1, 0.15) is 11.1 Å². The quantitative estimate of drug-likeness (QED) is 0.566. The molecule has 0 saturated carbocycles. The van der Waals surface area contributed by atoms with Gasteiger partial charge in [0.15, 0.2) is 0 Å². The van der Waals surface area contributed by atoms with Gasteiger partial charge in [-0.25, -0.2) is 0 Å². The SMILES string of the molecule is Nc1cc(COCCc2ccccc2)cc(N)c1N. The smallest absolute Gasteiger partial charge is 0.0781 e. The molecule has 0 fully saturated rings. The number of nitrogens with two attached hydrogens (primary N) is 3. The van der Waals surface area contributed by atoms with Crippen LogP contribution in [0.2, 0.25) is 0 Å². The van der Waals surface area contributed by atoms with Crippen molar-refractivity contribution < 1.29 is 4.74 Å². The Bertz CT molecular complexity index is 517. The average Bonchev–Trinajstić information content (AvgIpc) is 2.42. The van der Waals surface area contributed by atoms with Gasteiger partial charge in [-0.2, -0.15) is 0 Å². The molecule has 0 spiro atoms. The van der Waals surface area contributed by atoms with Crippen LogP contribution in [0.5, 0.6) is 0 Å². The van der Waals surface area contributed by atoms with E-state index >= 15 is 0 Å². The molecule has 0 aliphatic carbocycles. The highest BCUT2D eigenvalue weighted by Crippen LogP contribution is 2.24. The maximum Gasteiger partial charge on any atom is 0.0781 e. The monoisotopic (exact) mass is 257 g/mol. The van der Waals surface area contributed by atoms with Crippen molar-refractivity contribution in [2.75, 3.05) is 23.8 Å². The maximum absolute atomic E-state index is 5.76. The fourth-order valence-corrected chi connectivity index (χ4v) is 1.87. The normalized spacial score (nSPS) is 10.5. The second kappa shape index (κ2) is 6.11. The summed E-state index contributed by atoms with van der Waals surface area (Å²) in [6, 6.07) is 13.8. The summed E-state index contributed by atoms with van der Waals surface area (Å²) in [5, 5.41) is 0. The third kappa shape index (κ3) is 3.63. The van der Waals surface area contributed by atoms with Gasteiger partial charge in [-0.15, -0.1) is 0 Å². The minimum absolute atomic E-state index is 0.438. The zero-order valence-corrected chi connectivity index (χ0v) is 10.8. The third-order valence-corrected chi connectivity index (χ3v) is 2.95. The third-order valence-electron chi connectivity index (χ3n) is 2.95. The van der Waals surface area contributed by atoms with Crippen molar-refractivity contribution in [2.45, 2.75) is 13.0 Å². The minimum Gasteiger partial charge on any atom is -0.397 e. The number of hydrogen-bond donors (Lipinski definition) is 3. The van der Waals surface area contributed by atoms with Crippen LogP contribution in [-0.4, -0.2) is 6.61 Å². The lowest BCUT2D eigenvalue weighted by molar-refractivity contribution is 0.124. The van der Waals surface area contributed by atoms with E-state index in [1.807, 2.05) is 18.2 Å². The van der Waals surface area contributed by atoms with Crippen molar-refractivity contribution in [3.63, 3.8) is 0 Å². The topological polar surface area (TPSA) is 87.3 Å². The van der Waals surface area contributed by atoms with Gasteiger partial charge < -0.3 is 21.9 Å². The highest BCUT2D eigenvalue weighted by atomic mass is 16.5. The van der Waals surface area contributed by atoms with E-state index in [-0.39, 0.29) is 0 Å². The first-order chi connectivity index (χ1) is 9.16. The Morgan fingerprint density at radius 1 is 0.842 bits per heavy atom. The molecule has 0 bridgehead atoms. The van der Waals surface area contributed by atoms with E-state index in [9.17, 15) is 0 Å². The van der Waals surface area contributed by atoms with Crippen LogP contribution in [0.25, 0.3) is 0 Å². The maximum atomic E-state index is 5.76. The van der Waals surface area contributed by atoms with E-state index in [2.05, 4.69) is 12.1 Å². The van der Waals surface area contributed by atoms with Crippen molar-refractivity contribution in [1.82, 2.24) is 0 Å². The van der Waals surface area contributed by atoms with Gasteiger partial charge in [0, 0.05) is 0 Å². The molecule has 2 aromatic rings. The van der Waals surface area contributed by atoms with E-state index in [1.54, 1.807) is 12.1 Å². The molecule has 0 saturated heterocycles. The molecule has 2 aromatic carbocycles. The molecule has 19 heavy (non-hydrogen) atoms. The first-order valence-electron chi connectivity index (χ1n) is 6.22. The number of hydrogen-bond acceptors (Lipinski definition) is 4. The fraction of sp³-hybridized carbons (Fsp3) is 0.200. The second-order valence-electron chi connectivity index (χ2n) is 4.48. The summed E-state index contributed by atoms with van der Waals surface area (Å²) in [4.78, 5) is 0. The molecule has 4 nitrogen and oxygen atoms in total. The molecule has 0 atom stereocenters. The lowest BCUT2D eigenvalue weighted by Crippen LogP contribution is -2.04. The zero-order chi connectivity index (χ0) is 13.7. The Kier molecular flexibility index (Phi) is 4.26. The first kappa shape index (κ1) is 13.2. The first-order valence-corrected chi connectivity index (χ1v) is 6.22. The molecule has 0 unspecified atom stereocenters. The van der Waals surface area contributed by atoms with E-state index < -0.39 is 0 Å². The number of anilines is 3. The Labute approximate surface area is 113 Å². The van der Waals surface area contributed by atoms with Gasteiger partial charge in [0.1, 0.15) is 0 Å². The van der Waals surface area contributed by atoms with Gasteiger partial charge in [-0.3, -0.25) is 0 Å². The number of rotatable bonds is 5. The predicted molar refractivity (Wildman–Crippen MR) is 79.5 cm³/mol. The summed E-state index contributed by atoms with van der Waals surface area (Å²) in [6.45, 7) is 1.15. The predicted octanol–water partition coefficient (Wildman–Crippen LogP) is 2.19. The van der Waals surface area contributed by atoms with Crippen LogP contribution >= 0.6 is 0 Å². The minimum atomic E-state index is 0.438. The van der Waals surface area contributed by atoms with Gasteiger partial charge in [-0.1, -0.05) is 30.3 Å². The van der Waals surface area contributed by atoms with Crippen molar-refractivity contribution in [2.24, 2.45) is 0 Å². The molecule has 0 aliphatic heterocycles. The molecule has 0 aliphatic rings. The molecular weight excluding hydrogens is 238 g/mol. The van der Waals surface area contributed by atoms with E-state index in [0.717, 1.165) is 12.0 Å². The van der Waals surface area contributed by atoms with Crippen LogP contribution in [0.3, 0.4) is 0 Å². The van der Waals surface area contributed by atoms with Crippen molar-refractivity contribution in [1.29, 1.82) is 0 Å². The second-order valence-corrected chi connectivity index (χ2v) is 4.48. The Morgan fingerprint density at radius 3 is 2.11 bits per heavy atom. The van der Waals surface area contributed by atoms with Crippen LogP contribution in [0.4, 0.5) is 17.1 Å². The number of benzene rings is 2. The molecule has 0 heterocycles. The van der Waals surface area contributed by atoms with Crippen molar-refractivity contribution in [3.8, 4) is 0 Å². The molecule has 6 N–H and O–H groups in total. The van der Waals surface area contributed by atoms with E-state index in [1.165, 1.54) is 5.56 Å². The van der Waals surface area contributed by atoms with Crippen LogP contribution < -0.4 is 17.2 Å². The van der Waals surface area contributed by atoms with Crippen LogP contribution in [0, 0.1) is 0 Å². The summed E-state index contributed by atoms with van der Waals surface area (Å²) in [7, 11) is 0. The molecule has 4 heteroatoms. The fourth-order valence-electron chi connectivity index (χ4n) is 1.87. The Morgan fingerprint density at radius 2 is 1.47 bits per heavy atom. The van der Waals surface area contributed by atoms with E-state index in [4.69, 9.17) is 21.9 Å².